The molecule has 3 aromatic rings. The van der Waals surface area contributed by atoms with Crippen LogP contribution in [0, 0.1) is 0 Å². The number of aryl methyl sites for hydroxylation is 1. The minimum absolute atomic E-state index is 0.331. The summed E-state index contributed by atoms with van der Waals surface area (Å²) in [4.78, 5) is 23.6. The van der Waals surface area contributed by atoms with Crippen molar-refractivity contribution in [2.24, 2.45) is 5.73 Å². The number of carbonyl (C=O) groups excluding carboxylic acids is 1. The van der Waals surface area contributed by atoms with Gasteiger partial charge in [-0.2, -0.15) is 0 Å². The van der Waals surface area contributed by atoms with E-state index in [1.54, 1.807) is 18.2 Å². The lowest BCUT2D eigenvalue weighted by molar-refractivity contribution is 0.0698. The monoisotopic (exact) mass is 390 g/mol. The number of aromatic carboxylic acids is 1. The molecule has 0 saturated carbocycles. The summed E-state index contributed by atoms with van der Waals surface area (Å²) < 4.78 is 2.18. The van der Waals surface area contributed by atoms with E-state index in [4.69, 9.17) is 5.73 Å². The fourth-order valence-corrected chi connectivity index (χ4v) is 4.76. The SMILES string of the molecule is CCCCC1CCc2c1n(Cc1cccc(C(N)=O)c1)c1c(C(=O)O)cccc21. The van der Waals surface area contributed by atoms with Gasteiger partial charge in [-0.15, -0.1) is 0 Å². The van der Waals surface area contributed by atoms with Gasteiger partial charge in [0.25, 0.3) is 0 Å². The summed E-state index contributed by atoms with van der Waals surface area (Å²) in [5, 5.41) is 10.9. The van der Waals surface area contributed by atoms with Crippen LogP contribution in [0.4, 0.5) is 0 Å². The van der Waals surface area contributed by atoms with Crippen molar-refractivity contribution in [1.82, 2.24) is 4.57 Å². The first-order valence-corrected chi connectivity index (χ1v) is 10.3. The molecular weight excluding hydrogens is 364 g/mol. The second kappa shape index (κ2) is 7.74. The lowest BCUT2D eigenvalue weighted by atomic mass is 9.99. The molecule has 3 N–H and O–H groups in total. The van der Waals surface area contributed by atoms with Crippen molar-refractivity contribution < 1.29 is 14.7 Å². The quantitative estimate of drug-likeness (QED) is 0.613. The van der Waals surface area contributed by atoms with Crippen LogP contribution >= 0.6 is 0 Å². The standard InChI is InChI=1S/C24H26N2O3/c1-2-3-7-16-11-12-19-18-9-5-10-20(24(28)29)22(18)26(21(16)19)14-15-6-4-8-17(13-15)23(25)27/h4-6,8-10,13,16H,2-3,7,11-12,14H2,1H3,(H2,25,27)(H,28,29). The molecule has 0 bridgehead atoms. The third kappa shape index (κ3) is 3.41. The highest BCUT2D eigenvalue weighted by Crippen LogP contribution is 2.43. The summed E-state index contributed by atoms with van der Waals surface area (Å²) in [5.74, 6) is -0.927. The topological polar surface area (TPSA) is 85.3 Å². The molecule has 150 valence electrons. The molecule has 1 aliphatic rings. The second-order valence-corrected chi connectivity index (χ2v) is 7.90. The third-order valence-corrected chi connectivity index (χ3v) is 6.05. The van der Waals surface area contributed by atoms with E-state index in [0.29, 0.717) is 23.6 Å². The maximum Gasteiger partial charge on any atom is 0.337 e. The molecule has 2 aromatic carbocycles. The largest absolute Gasteiger partial charge is 0.478 e. The number of carboxylic acid groups (broad SMARTS) is 1. The number of nitrogens with two attached hydrogens (primary N) is 1. The predicted octanol–water partition coefficient (Wildman–Crippen LogP) is 4.71. The molecule has 0 fully saturated rings. The molecule has 0 spiro atoms. The number of hydrogen-bond donors (Lipinski definition) is 2. The fraction of sp³-hybridized carbons (Fsp3) is 0.333. The van der Waals surface area contributed by atoms with Gasteiger partial charge in [-0.05, 0) is 54.5 Å². The number of primary amides is 1. The Morgan fingerprint density at radius 3 is 2.72 bits per heavy atom. The molecule has 0 saturated heterocycles. The Morgan fingerprint density at radius 1 is 1.21 bits per heavy atom. The summed E-state index contributed by atoms with van der Waals surface area (Å²) in [5.41, 5.74) is 10.5. The maximum absolute atomic E-state index is 12.0. The number of unbranched alkanes of at least 4 members (excludes halogenated alkanes) is 1. The zero-order valence-corrected chi connectivity index (χ0v) is 16.6. The van der Waals surface area contributed by atoms with Crippen LogP contribution in [0.15, 0.2) is 42.5 Å². The first kappa shape index (κ1) is 19.2. The van der Waals surface area contributed by atoms with Gasteiger partial charge in [-0.1, -0.05) is 44.0 Å². The Hall–Kier alpha value is -3.08. The van der Waals surface area contributed by atoms with E-state index >= 15 is 0 Å². The maximum atomic E-state index is 12.0. The van der Waals surface area contributed by atoms with E-state index < -0.39 is 11.9 Å². The van der Waals surface area contributed by atoms with Gasteiger partial charge < -0.3 is 15.4 Å². The Balaban J connectivity index is 1.90. The number of carboxylic acids is 1. The van der Waals surface area contributed by atoms with Gasteiger partial charge in [0.1, 0.15) is 0 Å². The van der Waals surface area contributed by atoms with Crippen LogP contribution in [0.1, 0.15) is 76.1 Å². The molecule has 1 aliphatic carbocycles. The fourth-order valence-electron chi connectivity index (χ4n) is 4.76. The van der Waals surface area contributed by atoms with Crippen LogP contribution < -0.4 is 5.73 Å². The average Bonchev–Trinajstić information content (AvgIpc) is 3.26. The summed E-state index contributed by atoms with van der Waals surface area (Å²) in [6.45, 7) is 2.73. The lowest BCUT2D eigenvalue weighted by Crippen LogP contribution is -2.13. The summed E-state index contributed by atoms with van der Waals surface area (Å²) in [6, 6.07) is 12.9. The zero-order valence-electron chi connectivity index (χ0n) is 16.6. The number of carbonyl (C=O) groups is 2. The molecule has 1 aromatic heterocycles. The van der Waals surface area contributed by atoms with Gasteiger partial charge in [0.05, 0.1) is 11.1 Å². The number of fused-ring (bicyclic) bond motifs is 3. The molecule has 1 atom stereocenters. The molecule has 4 rings (SSSR count). The van der Waals surface area contributed by atoms with Gasteiger partial charge >= 0.3 is 5.97 Å². The Labute approximate surface area is 170 Å². The van der Waals surface area contributed by atoms with Crippen LogP contribution in [0.2, 0.25) is 0 Å². The van der Waals surface area contributed by atoms with Crippen LogP contribution in [0.25, 0.3) is 10.9 Å². The normalized spacial score (nSPS) is 15.6. The molecule has 1 unspecified atom stereocenters. The van der Waals surface area contributed by atoms with E-state index in [2.05, 4.69) is 11.5 Å². The molecular formula is C24H26N2O3. The average molecular weight is 390 g/mol. The van der Waals surface area contributed by atoms with Crippen molar-refractivity contribution in [2.45, 2.75) is 51.5 Å². The second-order valence-electron chi connectivity index (χ2n) is 7.90. The molecule has 0 radical (unpaired) electrons. The molecule has 5 heteroatoms. The number of para-hydroxylation sites is 1. The number of benzene rings is 2. The van der Waals surface area contributed by atoms with Crippen molar-refractivity contribution in [3.8, 4) is 0 Å². The van der Waals surface area contributed by atoms with Crippen molar-refractivity contribution in [1.29, 1.82) is 0 Å². The Morgan fingerprint density at radius 2 is 2.00 bits per heavy atom. The lowest BCUT2D eigenvalue weighted by Gasteiger charge is -2.17. The van der Waals surface area contributed by atoms with Gasteiger partial charge in [0.15, 0.2) is 0 Å². The minimum atomic E-state index is -0.913. The van der Waals surface area contributed by atoms with Crippen molar-refractivity contribution in [3.05, 3.63) is 70.4 Å². The van der Waals surface area contributed by atoms with E-state index in [9.17, 15) is 14.7 Å². The number of nitrogens with zero attached hydrogens (tertiary/aromatic N) is 1. The van der Waals surface area contributed by atoms with Crippen molar-refractivity contribution in [2.75, 3.05) is 0 Å². The van der Waals surface area contributed by atoms with Crippen molar-refractivity contribution >= 4 is 22.8 Å². The van der Waals surface area contributed by atoms with Crippen molar-refractivity contribution in [3.63, 3.8) is 0 Å². The number of amides is 1. The van der Waals surface area contributed by atoms with Gasteiger partial charge in [-0.25, -0.2) is 4.79 Å². The summed E-state index contributed by atoms with van der Waals surface area (Å²) >= 11 is 0. The van der Waals surface area contributed by atoms with Crippen LogP contribution in [-0.2, 0) is 13.0 Å². The highest BCUT2D eigenvalue weighted by atomic mass is 16.4. The van der Waals surface area contributed by atoms with Gasteiger partial charge in [0, 0.05) is 23.2 Å². The molecule has 1 amide bonds. The first-order chi connectivity index (χ1) is 14.0. The minimum Gasteiger partial charge on any atom is -0.478 e. The van der Waals surface area contributed by atoms with E-state index in [1.165, 1.54) is 11.3 Å². The molecule has 29 heavy (non-hydrogen) atoms. The number of hydrogen-bond acceptors (Lipinski definition) is 2. The summed E-state index contributed by atoms with van der Waals surface area (Å²) in [6.07, 6.45) is 5.52. The number of rotatable bonds is 7. The zero-order chi connectivity index (χ0) is 20.5. The molecule has 5 nitrogen and oxygen atoms in total. The number of aromatic nitrogens is 1. The Kier molecular flexibility index (Phi) is 5.14. The van der Waals surface area contributed by atoms with Crippen LogP contribution in [0.3, 0.4) is 0 Å². The van der Waals surface area contributed by atoms with E-state index in [0.717, 1.165) is 48.6 Å². The van der Waals surface area contributed by atoms with Crippen LogP contribution in [0.5, 0.6) is 0 Å². The highest BCUT2D eigenvalue weighted by Gasteiger charge is 2.31. The molecule has 0 aliphatic heterocycles. The molecule has 1 heterocycles. The highest BCUT2D eigenvalue weighted by molar-refractivity contribution is 6.04. The first-order valence-electron chi connectivity index (χ1n) is 10.3. The van der Waals surface area contributed by atoms with E-state index in [-0.39, 0.29) is 0 Å². The van der Waals surface area contributed by atoms with E-state index in [1.807, 2.05) is 24.3 Å². The van der Waals surface area contributed by atoms with Gasteiger partial charge in [0.2, 0.25) is 5.91 Å². The third-order valence-electron chi connectivity index (χ3n) is 6.05. The predicted molar refractivity (Wildman–Crippen MR) is 114 cm³/mol. The smallest absolute Gasteiger partial charge is 0.337 e. The van der Waals surface area contributed by atoms with Gasteiger partial charge in [-0.3, -0.25) is 4.79 Å². The van der Waals surface area contributed by atoms with Crippen LogP contribution in [-0.4, -0.2) is 21.6 Å². The Bertz CT molecular complexity index is 1100. The summed E-state index contributed by atoms with van der Waals surface area (Å²) in [7, 11) is 0.